The first-order valence-corrected chi connectivity index (χ1v) is 8.37. The number of amides is 2. The van der Waals surface area contributed by atoms with E-state index in [4.69, 9.17) is 0 Å². The Morgan fingerprint density at radius 3 is 1.85 bits per heavy atom. The van der Waals surface area contributed by atoms with Gasteiger partial charge in [0.05, 0.1) is 0 Å². The zero-order valence-electron chi connectivity index (χ0n) is 14.7. The van der Waals surface area contributed by atoms with Crippen LogP contribution in [0, 0.1) is 6.92 Å². The zero-order valence-corrected chi connectivity index (χ0v) is 14.7. The van der Waals surface area contributed by atoms with E-state index in [9.17, 15) is 9.59 Å². The molecule has 0 spiro atoms. The molecule has 0 aliphatic carbocycles. The van der Waals surface area contributed by atoms with Crippen molar-refractivity contribution in [3.8, 4) is 11.1 Å². The second-order valence-electron chi connectivity index (χ2n) is 6.06. The maximum absolute atomic E-state index is 12.4. The van der Waals surface area contributed by atoms with Crippen LogP contribution < -0.4 is 10.6 Å². The summed E-state index contributed by atoms with van der Waals surface area (Å²) in [4.78, 5) is 24.1. The summed E-state index contributed by atoms with van der Waals surface area (Å²) in [5.74, 6) is -0.471. The highest BCUT2D eigenvalue weighted by Crippen LogP contribution is 2.22. The first-order chi connectivity index (χ1) is 12.6. The third-order valence-corrected chi connectivity index (χ3v) is 4.14. The van der Waals surface area contributed by atoms with Gasteiger partial charge in [0, 0.05) is 23.9 Å². The molecular formula is C22H20N2O2. The molecule has 4 heteroatoms. The van der Waals surface area contributed by atoms with Crippen LogP contribution in [0.2, 0.25) is 0 Å². The Labute approximate surface area is 152 Å². The molecule has 2 amide bonds. The number of aryl methyl sites for hydroxylation is 1. The van der Waals surface area contributed by atoms with E-state index in [1.54, 1.807) is 31.3 Å². The molecule has 0 bridgehead atoms. The number of carbonyl (C=O) groups is 2. The summed E-state index contributed by atoms with van der Waals surface area (Å²) in [7, 11) is 1.56. The molecule has 0 fully saturated rings. The van der Waals surface area contributed by atoms with E-state index in [1.165, 1.54) is 5.56 Å². The molecule has 0 aliphatic heterocycles. The van der Waals surface area contributed by atoms with Crippen LogP contribution in [0.5, 0.6) is 0 Å². The maximum atomic E-state index is 12.4. The molecule has 0 saturated carbocycles. The fraction of sp³-hybridized carbons (Fsp3) is 0.0909. The lowest BCUT2D eigenvalue weighted by Gasteiger charge is -2.08. The van der Waals surface area contributed by atoms with Crippen molar-refractivity contribution in [2.45, 2.75) is 6.92 Å². The van der Waals surface area contributed by atoms with Gasteiger partial charge in [-0.3, -0.25) is 9.59 Å². The van der Waals surface area contributed by atoms with E-state index in [-0.39, 0.29) is 11.8 Å². The monoisotopic (exact) mass is 344 g/mol. The van der Waals surface area contributed by atoms with Crippen LogP contribution in [0.4, 0.5) is 5.69 Å². The Morgan fingerprint density at radius 2 is 1.27 bits per heavy atom. The Kier molecular flexibility index (Phi) is 5.13. The molecule has 3 aromatic rings. The summed E-state index contributed by atoms with van der Waals surface area (Å²) >= 11 is 0. The molecular weight excluding hydrogens is 324 g/mol. The molecule has 3 aromatic carbocycles. The Bertz CT molecular complexity index is 929. The van der Waals surface area contributed by atoms with Crippen LogP contribution in [0.15, 0.2) is 72.8 Å². The van der Waals surface area contributed by atoms with E-state index < -0.39 is 0 Å². The number of hydrogen-bond acceptors (Lipinski definition) is 2. The molecule has 0 saturated heterocycles. The van der Waals surface area contributed by atoms with Crippen molar-refractivity contribution in [2.75, 3.05) is 12.4 Å². The normalized spacial score (nSPS) is 10.2. The van der Waals surface area contributed by atoms with Crippen molar-refractivity contribution in [1.29, 1.82) is 0 Å². The molecule has 4 nitrogen and oxygen atoms in total. The first-order valence-electron chi connectivity index (χ1n) is 8.37. The molecule has 0 radical (unpaired) electrons. The second kappa shape index (κ2) is 7.66. The van der Waals surface area contributed by atoms with E-state index in [0.29, 0.717) is 16.8 Å². The number of nitrogens with one attached hydrogen (secondary N) is 2. The van der Waals surface area contributed by atoms with Crippen molar-refractivity contribution in [1.82, 2.24) is 5.32 Å². The summed E-state index contributed by atoms with van der Waals surface area (Å²) in [5.41, 5.74) is 5.03. The van der Waals surface area contributed by atoms with Crippen LogP contribution in [-0.4, -0.2) is 18.9 Å². The lowest BCUT2D eigenvalue weighted by molar-refractivity contribution is 0.0963. The van der Waals surface area contributed by atoms with Crippen LogP contribution in [0.1, 0.15) is 26.3 Å². The Hall–Kier alpha value is -3.40. The fourth-order valence-corrected chi connectivity index (χ4v) is 2.64. The van der Waals surface area contributed by atoms with Crippen molar-refractivity contribution in [3.05, 3.63) is 89.5 Å². The molecule has 3 rings (SSSR count). The van der Waals surface area contributed by atoms with Crippen LogP contribution >= 0.6 is 0 Å². The van der Waals surface area contributed by atoms with Crippen molar-refractivity contribution in [2.24, 2.45) is 0 Å². The third kappa shape index (κ3) is 3.98. The molecule has 0 aliphatic rings. The maximum Gasteiger partial charge on any atom is 0.255 e. The van der Waals surface area contributed by atoms with Gasteiger partial charge < -0.3 is 10.6 Å². The zero-order chi connectivity index (χ0) is 18.5. The molecule has 130 valence electrons. The van der Waals surface area contributed by atoms with Crippen LogP contribution in [-0.2, 0) is 0 Å². The van der Waals surface area contributed by atoms with E-state index in [2.05, 4.69) is 41.8 Å². The van der Waals surface area contributed by atoms with Gasteiger partial charge in [0.1, 0.15) is 0 Å². The van der Waals surface area contributed by atoms with Crippen molar-refractivity contribution >= 4 is 17.5 Å². The number of rotatable bonds is 4. The minimum absolute atomic E-state index is 0.220. The number of carbonyl (C=O) groups excluding carboxylic acids is 2. The van der Waals surface area contributed by atoms with Gasteiger partial charge in [-0.1, -0.05) is 48.0 Å². The average Bonchev–Trinajstić information content (AvgIpc) is 2.68. The van der Waals surface area contributed by atoms with Gasteiger partial charge in [0.15, 0.2) is 0 Å². The highest BCUT2D eigenvalue weighted by Gasteiger charge is 2.10. The van der Waals surface area contributed by atoms with Crippen LogP contribution in [0.25, 0.3) is 11.1 Å². The third-order valence-electron chi connectivity index (χ3n) is 4.14. The molecule has 0 aromatic heterocycles. The van der Waals surface area contributed by atoms with E-state index in [1.807, 2.05) is 24.3 Å². The highest BCUT2D eigenvalue weighted by molar-refractivity contribution is 6.06. The Balaban J connectivity index is 1.74. The predicted molar refractivity (Wildman–Crippen MR) is 104 cm³/mol. The van der Waals surface area contributed by atoms with Gasteiger partial charge in [-0.2, -0.15) is 0 Å². The minimum atomic E-state index is -0.251. The lowest BCUT2D eigenvalue weighted by atomic mass is 10.0. The second-order valence-corrected chi connectivity index (χ2v) is 6.06. The number of anilines is 1. The highest BCUT2D eigenvalue weighted by atomic mass is 16.2. The van der Waals surface area contributed by atoms with Crippen LogP contribution in [0.3, 0.4) is 0 Å². The lowest BCUT2D eigenvalue weighted by Crippen LogP contribution is -2.19. The average molecular weight is 344 g/mol. The SMILES string of the molecule is CNC(=O)c1cccc(C(=O)Nc2ccc(-c3ccc(C)cc3)cc2)c1. The van der Waals surface area contributed by atoms with Gasteiger partial charge in [-0.05, 0) is 48.4 Å². The molecule has 0 atom stereocenters. The summed E-state index contributed by atoms with van der Waals surface area (Å²) in [6, 6.07) is 22.6. The van der Waals surface area contributed by atoms with E-state index >= 15 is 0 Å². The summed E-state index contributed by atoms with van der Waals surface area (Å²) in [5, 5.41) is 5.41. The molecule has 0 heterocycles. The topological polar surface area (TPSA) is 58.2 Å². The van der Waals surface area contributed by atoms with Crippen molar-refractivity contribution in [3.63, 3.8) is 0 Å². The Morgan fingerprint density at radius 1 is 0.731 bits per heavy atom. The first kappa shape index (κ1) is 17.4. The number of benzene rings is 3. The van der Waals surface area contributed by atoms with Crippen molar-refractivity contribution < 1.29 is 9.59 Å². The predicted octanol–water partition coefficient (Wildman–Crippen LogP) is 4.27. The van der Waals surface area contributed by atoms with Gasteiger partial charge in [0.25, 0.3) is 11.8 Å². The molecule has 0 unspecified atom stereocenters. The summed E-state index contributed by atoms with van der Waals surface area (Å²) in [6.07, 6.45) is 0. The largest absolute Gasteiger partial charge is 0.355 e. The van der Waals surface area contributed by atoms with Gasteiger partial charge in [0.2, 0.25) is 0 Å². The molecule has 26 heavy (non-hydrogen) atoms. The van der Waals surface area contributed by atoms with Gasteiger partial charge in [-0.25, -0.2) is 0 Å². The fourth-order valence-electron chi connectivity index (χ4n) is 2.64. The minimum Gasteiger partial charge on any atom is -0.355 e. The summed E-state index contributed by atoms with van der Waals surface area (Å²) in [6.45, 7) is 2.06. The quantitative estimate of drug-likeness (QED) is 0.742. The van der Waals surface area contributed by atoms with Gasteiger partial charge in [-0.15, -0.1) is 0 Å². The summed E-state index contributed by atoms with van der Waals surface area (Å²) < 4.78 is 0. The standard InChI is InChI=1S/C22H20N2O2/c1-15-6-8-16(9-7-15)17-10-12-20(13-11-17)24-22(26)19-5-3-4-18(14-19)21(25)23-2/h3-14H,1-2H3,(H,23,25)(H,24,26). The number of hydrogen-bond donors (Lipinski definition) is 2. The smallest absolute Gasteiger partial charge is 0.255 e. The molecule has 2 N–H and O–H groups in total. The van der Waals surface area contributed by atoms with E-state index in [0.717, 1.165) is 11.1 Å². The van der Waals surface area contributed by atoms with Gasteiger partial charge >= 0.3 is 0 Å².